The number of fused-ring (bicyclic) bond motifs is 1. The molecule has 2 heterocycles. The van der Waals surface area contributed by atoms with Crippen LogP contribution < -0.4 is 0 Å². The summed E-state index contributed by atoms with van der Waals surface area (Å²) in [5, 5.41) is 0.639. The van der Waals surface area contributed by atoms with Crippen LogP contribution in [0.2, 0.25) is 5.02 Å². The zero-order valence-electron chi connectivity index (χ0n) is 12.6. The van der Waals surface area contributed by atoms with E-state index in [4.69, 9.17) is 16.0 Å². The molecular formula is C17H17ClN2O2. The average Bonchev–Trinajstić information content (AvgIpc) is 3.07. The number of nitrogens with zero attached hydrogens (tertiary/aromatic N) is 2. The van der Waals surface area contributed by atoms with Gasteiger partial charge in [-0.05, 0) is 30.7 Å². The molecule has 0 bridgehead atoms. The van der Waals surface area contributed by atoms with E-state index < -0.39 is 0 Å². The van der Waals surface area contributed by atoms with Gasteiger partial charge in [0.05, 0.1) is 5.69 Å². The predicted molar refractivity (Wildman–Crippen MR) is 86.5 cm³/mol. The van der Waals surface area contributed by atoms with Gasteiger partial charge in [-0.3, -0.25) is 4.79 Å². The quantitative estimate of drug-likeness (QED) is 0.663. The van der Waals surface area contributed by atoms with Crippen LogP contribution >= 0.6 is 11.6 Å². The molecule has 114 valence electrons. The second-order valence-corrected chi connectivity index (χ2v) is 5.70. The number of hydrogen-bond donors (Lipinski definition) is 0. The minimum Gasteiger partial charge on any atom is -0.441 e. The van der Waals surface area contributed by atoms with Crippen LogP contribution in [0.1, 0.15) is 35.4 Å². The molecule has 0 saturated heterocycles. The van der Waals surface area contributed by atoms with Crippen LogP contribution in [0.3, 0.4) is 0 Å². The fourth-order valence-corrected chi connectivity index (χ4v) is 2.72. The molecule has 0 amide bonds. The van der Waals surface area contributed by atoms with Gasteiger partial charge in [-0.25, -0.2) is 4.98 Å². The first-order valence-electron chi connectivity index (χ1n) is 7.31. The summed E-state index contributed by atoms with van der Waals surface area (Å²) in [6, 6.07) is 9.30. The molecule has 0 aliphatic rings. The van der Waals surface area contributed by atoms with Gasteiger partial charge < -0.3 is 8.98 Å². The molecule has 4 nitrogen and oxygen atoms in total. The Kier molecular flexibility index (Phi) is 4.03. The van der Waals surface area contributed by atoms with E-state index in [0.717, 1.165) is 23.3 Å². The molecule has 0 unspecified atom stereocenters. The molecule has 1 aromatic carbocycles. The predicted octanol–water partition coefficient (Wildman–Crippen LogP) is 4.20. The second kappa shape index (κ2) is 5.97. The Labute approximate surface area is 133 Å². The highest BCUT2D eigenvalue weighted by molar-refractivity contribution is 6.31. The van der Waals surface area contributed by atoms with E-state index in [9.17, 15) is 4.79 Å². The van der Waals surface area contributed by atoms with Gasteiger partial charge in [-0.2, -0.15) is 0 Å². The van der Waals surface area contributed by atoms with Crippen LogP contribution in [0.25, 0.3) is 11.1 Å². The maximum absolute atomic E-state index is 11.8. The topological polar surface area (TPSA) is 48.0 Å². The maximum atomic E-state index is 11.8. The molecule has 22 heavy (non-hydrogen) atoms. The fraction of sp³-hybridized carbons (Fsp3) is 0.294. The van der Waals surface area contributed by atoms with Crippen LogP contribution in [0, 0.1) is 0 Å². The van der Waals surface area contributed by atoms with Gasteiger partial charge in [-0.1, -0.05) is 18.5 Å². The smallest absolute Gasteiger partial charge is 0.195 e. The normalized spacial score (nSPS) is 11.2. The Bertz CT molecular complexity index is 832. The summed E-state index contributed by atoms with van der Waals surface area (Å²) in [6.45, 7) is 1.87. The van der Waals surface area contributed by atoms with E-state index in [1.54, 1.807) is 12.1 Å². The summed E-state index contributed by atoms with van der Waals surface area (Å²) >= 11 is 5.94. The standard InChI is InChI=1S/C17H17ClN2O2/c1-3-15(21)14-8-5-12(20(14)2)6-9-17-19-13-7-4-11(18)10-16(13)22-17/h4-5,7-8,10H,3,6,9H2,1-2H3. The van der Waals surface area contributed by atoms with E-state index in [1.165, 1.54) is 0 Å². The van der Waals surface area contributed by atoms with Gasteiger partial charge in [0.1, 0.15) is 5.52 Å². The van der Waals surface area contributed by atoms with E-state index in [1.807, 2.05) is 36.7 Å². The van der Waals surface area contributed by atoms with Gasteiger partial charge >= 0.3 is 0 Å². The molecule has 0 atom stereocenters. The van der Waals surface area contributed by atoms with E-state index in [2.05, 4.69) is 4.98 Å². The number of benzene rings is 1. The van der Waals surface area contributed by atoms with E-state index in [0.29, 0.717) is 29.3 Å². The zero-order valence-corrected chi connectivity index (χ0v) is 13.4. The van der Waals surface area contributed by atoms with Crippen molar-refractivity contribution >= 4 is 28.5 Å². The van der Waals surface area contributed by atoms with Crippen molar-refractivity contribution in [3.8, 4) is 0 Å². The minimum atomic E-state index is 0.158. The summed E-state index contributed by atoms with van der Waals surface area (Å²) in [4.78, 5) is 16.3. The van der Waals surface area contributed by atoms with Crippen LogP contribution in [0.15, 0.2) is 34.7 Å². The summed E-state index contributed by atoms with van der Waals surface area (Å²) in [7, 11) is 1.92. The summed E-state index contributed by atoms with van der Waals surface area (Å²) < 4.78 is 7.66. The summed E-state index contributed by atoms with van der Waals surface area (Å²) in [5.41, 5.74) is 3.36. The third-order valence-electron chi connectivity index (χ3n) is 3.82. The molecule has 0 fully saturated rings. The first-order valence-corrected chi connectivity index (χ1v) is 7.69. The zero-order chi connectivity index (χ0) is 15.7. The van der Waals surface area contributed by atoms with Gasteiger partial charge in [0.2, 0.25) is 0 Å². The van der Waals surface area contributed by atoms with Gasteiger partial charge in [-0.15, -0.1) is 0 Å². The number of rotatable bonds is 5. The monoisotopic (exact) mass is 316 g/mol. The molecule has 0 saturated carbocycles. The largest absolute Gasteiger partial charge is 0.441 e. The van der Waals surface area contributed by atoms with Gasteiger partial charge in [0, 0.05) is 36.7 Å². The highest BCUT2D eigenvalue weighted by atomic mass is 35.5. The second-order valence-electron chi connectivity index (χ2n) is 5.27. The lowest BCUT2D eigenvalue weighted by atomic mass is 10.2. The van der Waals surface area contributed by atoms with Crippen LogP contribution in [-0.2, 0) is 19.9 Å². The van der Waals surface area contributed by atoms with Crippen molar-refractivity contribution in [2.75, 3.05) is 0 Å². The van der Waals surface area contributed by atoms with E-state index in [-0.39, 0.29) is 5.78 Å². The third-order valence-corrected chi connectivity index (χ3v) is 4.06. The number of hydrogen-bond acceptors (Lipinski definition) is 3. The highest BCUT2D eigenvalue weighted by Crippen LogP contribution is 2.21. The number of carbonyl (C=O) groups is 1. The number of aromatic nitrogens is 2. The summed E-state index contributed by atoms with van der Waals surface area (Å²) in [5.74, 6) is 0.840. The molecule has 5 heteroatoms. The van der Waals surface area contributed by atoms with E-state index >= 15 is 0 Å². The van der Waals surface area contributed by atoms with Crippen LogP contribution in [-0.4, -0.2) is 15.3 Å². The van der Waals surface area contributed by atoms with Crippen molar-refractivity contribution in [2.45, 2.75) is 26.2 Å². The van der Waals surface area contributed by atoms with Crippen molar-refractivity contribution in [1.82, 2.24) is 9.55 Å². The van der Waals surface area contributed by atoms with Crippen molar-refractivity contribution in [1.29, 1.82) is 0 Å². The molecule has 0 aliphatic heterocycles. The molecule has 0 aliphatic carbocycles. The van der Waals surface area contributed by atoms with Gasteiger partial charge in [0.25, 0.3) is 0 Å². The number of aryl methyl sites for hydroxylation is 2. The number of carbonyl (C=O) groups excluding carboxylic acids is 1. The van der Waals surface area contributed by atoms with Crippen molar-refractivity contribution in [2.24, 2.45) is 7.05 Å². The molecule has 0 radical (unpaired) electrons. The molecule has 0 N–H and O–H groups in total. The third kappa shape index (κ3) is 2.79. The van der Waals surface area contributed by atoms with Crippen molar-refractivity contribution < 1.29 is 9.21 Å². The van der Waals surface area contributed by atoms with Gasteiger partial charge in [0.15, 0.2) is 17.3 Å². The highest BCUT2D eigenvalue weighted by Gasteiger charge is 2.12. The molecule has 3 aromatic rings. The Morgan fingerprint density at radius 1 is 1.27 bits per heavy atom. The fourth-order valence-electron chi connectivity index (χ4n) is 2.55. The first kappa shape index (κ1) is 14.9. The lowest BCUT2D eigenvalue weighted by Crippen LogP contribution is -2.07. The Balaban J connectivity index is 1.76. The number of halogens is 1. The van der Waals surface area contributed by atoms with Crippen molar-refractivity contribution in [3.63, 3.8) is 0 Å². The molecule has 2 aromatic heterocycles. The number of ketones is 1. The Hall–Kier alpha value is -2.07. The maximum Gasteiger partial charge on any atom is 0.195 e. The SMILES string of the molecule is CCC(=O)c1ccc(CCc2nc3ccc(Cl)cc3o2)n1C. The Morgan fingerprint density at radius 3 is 2.86 bits per heavy atom. The first-order chi connectivity index (χ1) is 10.6. The minimum absolute atomic E-state index is 0.158. The van der Waals surface area contributed by atoms with Crippen LogP contribution in [0.5, 0.6) is 0 Å². The number of oxazole rings is 1. The summed E-state index contributed by atoms with van der Waals surface area (Å²) in [6.07, 6.45) is 1.97. The Morgan fingerprint density at radius 2 is 2.09 bits per heavy atom. The molecule has 0 spiro atoms. The number of Topliss-reactive ketones (excluding diaryl/α,β-unsaturated/α-hetero) is 1. The lowest BCUT2D eigenvalue weighted by Gasteiger charge is -2.05. The average molecular weight is 317 g/mol. The van der Waals surface area contributed by atoms with Crippen molar-refractivity contribution in [3.05, 3.63) is 52.6 Å². The molecule has 3 rings (SSSR count). The van der Waals surface area contributed by atoms with Crippen LogP contribution in [0.4, 0.5) is 0 Å². The lowest BCUT2D eigenvalue weighted by molar-refractivity contribution is 0.0980. The molecular weight excluding hydrogens is 300 g/mol.